The monoisotopic (exact) mass is 249 g/mol. The third-order valence-electron chi connectivity index (χ3n) is 3.36. The summed E-state index contributed by atoms with van der Waals surface area (Å²) >= 11 is 0. The van der Waals surface area contributed by atoms with E-state index in [1.54, 1.807) is 17.1 Å². The highest BCUT2D eigenvalue weighted by atomic mass is 16.5. The molecule has 0 radical (unpaired) electrons. The van der Waals surface area contributed by atoms with Gasteiger partial charge in [-0.05, 0) is 18.6 Å². The Morgan fingerprint density at radius 1 is 1.50 bits per heavy atom. The van der Waals surface area contributed by atoms with Crippen LogP contribution >= 0.6 is 0 Å². The van der Waals surface area contributed by atoms with Crippen LogP contribution in [0.5, 0.6) is 0 Å². The van der Waals surface area contributed by atoms with Crippen LogP contribution in [0.4, 0.5) is 0 Å². The first-order chi connectivity index (χ1) is 8.70. The molecule has 6 nitrogen and oxygen atoms in total. The lowest BCUT2D eigenvalue weighted by Gasteiger charge is -2.13. The Balaban J connectivity index is 1.99. The Morgan fingerprint density at radius 3 is 3.06 bits per heavy atom. The van der Waals surface area contributed by atoms with E-state index in [9.17, 15) is 5.11 Å². The van der Waals surface area contributed by atoms with Gasteiger partial charge in [-0.1, -0.05) is 0 Å². The van der Waals surface area contributed by atoms with Crippen molar-refractivity contribution in [3.05, 3.63) is 24.2 Å². The molecule has 18 heavy (non-hydrogen) atoms. The topological polar surface area (TPSA) is 80.4 Å². The van der Waals surface area contributed by atoms with Crippen LogP contribution in [0.25, 0.3) is 11.2 Å². The van der Waals surface area contributed by atoms with Gasteiger partial charge in [-0.25, -0.2) is 9.97 Å². The van der Waals surface area contributed by atoms with E-state index in [0.29, 0.717) is 6.42 Å². The normalized spacial score (nSPS) is 28.1. The minimum atomic E-state index is -0.651. The standard InChI is InChI=1S/C12H15N3O3/c1-7-2-3-13-12-11(7)14-6-15(12)10-4-8(17)9(5-16)18-10/h2-3,6,8-10,16-17H,4-5H2,1H3/t8-,9+,10+/m0/s1. The van der Waals surface area contributed by atoms with Crippen LogP contribution in [-0.2, 0) is 4.74 Å². The third-order valence-corrected chi connectivity index (χ3v) is 3.36. The Labute approximate surface area is 104 Å². The largest absolute Gasteiger partial charge is 0.394 e. The molecule has 2 aromatic heterocycles. The molecule has 2 N–H and O–H groups in total. The fraction of sp³-hybridized carbons (Fsp3) is 0.500. The lowest BCUT2D eigenvalue weighted by molar-refractivity contribution is -0.0432. The summed E-state index contributed by atoms with van der Waals surface area (Å²) in [7, 11) is 0. The van der Waals surface area contributed by atoms with E-state index in [2.05, 4.69) is 9.97 Å². The number of rotatable bonds is 2. The zero-order valence-electron chi connectivity index (χ0n) is 10.0. The maximum atomic E-state index is 9.75. The van der Waals surface area contributed by atoms with Gasteiger partial charge in [0.25, 0.3) is 0 Å². The van der Waals surface area contributed by atoms with Crippen molar-refractivity contribution in [3.8, 4) is 0 Å². The molecule has 1 saturated heterocycles. The van der Waals surface area contributed by atoms with E-state index >= 15 is 0 Å². The maximum Gasteiger partial charge on any atom is 0.162 e. The fourth-order valence-electron chi connectivity index (χ4n) is 2.32. The van der Waals surface area contributed by atoms with Crippen LogP contribution in [0.2, 0.25) is 0 Å². The number of aliphatic hydroxyl groups is 2. The van der Waals surface area contributed by atoms with Crippen LogP contribution in [0.1, 0.15) is 18.2 Å². The maximum absolute atomic E-state index is 9.75. The Morgan fingerprint density at radius 2 is 2.33 bits per heavy atom. The van der Waals surface area contributed by atoms with Gasteiger partial charge in [0.2, 0.25) is 0 Å². The Kier molecular flexibility index (Phi) is 2.77. The van der Waals surface area contributed by atoms with Crippen molar-refractivity contribution in [1.29, 1.82) is 0 Å². The smallest absolute Gasteiger partial charge is 0.162 e. The number of aryl methyl sites for hydroxylation is 1. The van der Waals surface area contributed by atoms with Crippen LogP contribution in [0, 0.1) is 6.92 Å². The number of pyridine rings is 1. The molecule has 0 aromatic carbocycles. The van der Waals surface area contributed by atoms with Gasteiger partial charge in [0, 0.05) is 12.6 Å². The number of ether oxygens (including phenoxy) is 1. The fourth-order valence-corrected chi connectivity index (χ4v) is 2.32. The first kappa shape index (κ1) is 11.6. The molecule has 96 valence electrons. The molecule has 0 amide bonds. The molecule has 0 spiro atoms. The van der Waals surface area contributed by atoms with Crippen molar-refractivity contribution in [3.63, 3.8) is 0 Å². The highest BCUT2D eigenvalue weighted by Gasteiger charge is 2.35. The predicted octanol–water partition coefficient (Wildman–Crippen LogP) is 0.380. The molecule has 3 rings (SSSR count). The molecule has 0 saturated carbocycles. The predicted molar refractivity (Wildman–Crippen MR) is 63.9 cm³/mol. The van der Waals surface area contributed by atoms with Crippen molar-refractivity contribution < 1.29 is 14.9 Å². The van der Waals surface area contributed by atoms with Gasteiger partial charge in [0.05, 0.1) is 19.0 Å². The minimum absolute atomic E-state index is 0.184. The molecule has 0 bridgehead atoms. The van der Waals surface area contributed by atoms with Gasteiger partial charge < -0.3 is 14.9 Å². The van der Waals surface area contributed by atoms with Crippen LogP contribution < -0.4 is 0 Å². The van der Waals surface area contributed by atoms with Crippen molar-refractivity contribution in [2.24, 2.45) is 0 Å². The molecule has 0 aliphatic carbocycles. The molecule has 6 heteroatoms. The SMILES string of the molecule is Cc1ccnc2c1ncn2[C@H]1C[C@H](O)[C@@H](CO)O1. The average Bonchev–Trinajstić information content (AvgIpc) is 2.93. The van der Waals surface area contributed by atoms with Crippen molar-refractivity contribution in [1.82, 2.24) is 14.5 Å². The van der Waals surface area contributed by atoms with Gasteiger partial charge in [-0.15, -0.1) is 0 Å². The summed E-state index contributed by atoms with van der Waals surface area (Å²) in [5.41, 5.74) is 2.63. The molecular weight excluding hydrogens is 234 g/mol. The highest BCUT2D eigenvalue weighted by Crippen LogP contribution is 2.30. The van der Waals surface area contributed by atoms with Gasteiger partial charge in [0.15, 0.2) is 5.65 Å². The first-order valence-corrected chi connectivity index (χ1v) is 5.93. The van der Waals surface area contributed by atoms with Crippen molar-refractivity contribution in [2.45, 2.75) is 31.8 Å². The second kappa shape index (κ2) is 4.31. The molecular formula is C12H15N3O3. The third kappa shape index (κ3) is 1.69. The number of aromatic nitrogens is 3. The second-order valence-electron chi connectivity index (χ2n) is 4.57. The summed E-state index contributed by atoms with van der Waals surface area (Å²) in [6.45, 7) is 1.79. The second-order valence-corrected chi connectivity index (χ2v) is 4.57. The Hall–Kier alpha value is -1.50. The van der Waals surface area contributed by atoms with E-state index in [1.807, 2.05) is 13.0 Å². The molecule has 1 fully saturated rings. The first-order valence-electron chi connectivity index (χ1n) is 5.93. The summed E-state index contributed by atoms with van der Waals surface area (Å²) in [6, 6.07) is 1.90. The lowest BCUT2D eigenvalue weighted by Crippen LogP contribution is -2.24. The number of aliphatic hydroxyl groups excluding tert-OH is 2. The number of nitrogens with zero attached hydrogens (tertiary/aromatic N) is 3. The quantitative estimate of drug-likeness (QED) is 0.804. The Bertz CT molecular complexity index is 569. The number of fused-ring (bicyclic) bond motifs is 1. The lowest BCUT2D eigenvalue weighted by atomic mass is 10.2. The van der Waals surface area contributed by atoms with Crippen LogP contribution in [0.15, 0.2) is 18.6 Å². The summed E-state index contributed by atoms with van der Waals surface area (Å²) in [5.74, 6) is 0. The van der Waals surface area contributed by atoms with Crippen molar-refractivity contribution >= 4 is 11.2 Å². The molecule has 0 unspecified atom stereocenters. The number of hydrogen-bond acceptors (Lipinski definition) is 5. The minimum Gasteiger partial charge on any atom is -0.394 e. The molecule has 2 aromatic rings. The number of imidazole rings is 1. The molecule has 3 heterocycles. The zero-order valence-corrected chi connectivity index (χ0v) is 10.0. The van der Waals surface area contributed by atoms with Gasteiger partial charge in [-0.2, -0.15) is 0 Å². The molecule has 1 aliphatic rings. The summed E-state index contributed by atoms with van der Waals surface area (Å²) in [6.07, 6.45) is 2.33. The molecule has 1 aliphatic heterocycles. The van der Waals surface area contributed by atoms with E-state index in [-0.39, 0.29) is 12.8 Å². The van der Waals surface area contributed by atoms with E-state index in [0.717, 1.165) is 16.7 Å². The number of hydrogen-bond donors (Lipinski definition) is 2. The highest BCUT2D eigenvalue weighted by molar-refractivity contribution is 5.74. The van der Waals surface area contributed by atoms with Crippen LogP contribution in [-0.4, -0.2) is 43.6 Å². The zero-order chi connectivity index (χ0) is 12.7. The van der Waals surface area contributed by atoms with Crippen molar-refractivity contribution in [2.75, 3.05) is 6.61 Å². The van der Waals surface area contributed by atoms with E-state index < -0.39 is 12.2 Å². The average molecular weight is 249 g/mol. The van der Waals surface area contributed by atoms with Crippen LogP contribution in [0.3, 0.4) is 0 Å². The molecule has 3 atom stereocenters. The summed E-state index contributed by atoms with van der Waals surface area (Å²) in [4.78, 5) is 8.61. The van der Waals surface area contributed by atoms with Gasteiger partial charge in [0.1, 0.15) is 17.8 Å². The van der Waals surface area contributed by atoms with Gasteiger partial charge >= 0.3 is 0 Å². The van der Waals surface area contributed by atoms with E-state index in [1.165, 1.54) is 0 Å². The summed E-state index contributed by atoms with van der Waals surface area (Å²) < 4.78 is 7.40. The van der Waals surface area contributed by atoms with Gasteiger partial charge in [-0.3, -0.25) is 4.57 Å². The summed E-state index contributed by atoms with van der Waals surface area (Å²) in [5, 5.41) is 18.8. The van der Waals surface area contributed by atoms with E-state index in [4.69, 9.17) is 9.84 Å².